The molecule has 0 aliphatic heterocycles. The summed E-state index contributed by atoms with van der Waals surface area (Å²) in [4.78, 5) is 0. The van der Waals surface area contributed by atoms with E-state index in [0.29, 0.717) is 5.02 Å². The van der Waals surface area contributed by atoms with E-state index in [0.717, 1.165) is 12.0 Å². The van der Waals surface area contributed by atoms with Crippen LogP contribution in [0, 0.1) is 6.08 Å². The fourth-order valence-corrected chi connectivity index (χ4v) is 1.75. The second kappa shape index (κ2) is 14.2. The molecule has 0 radical (unpaired) electrons. The molecule has 0 spiro atoms. The summed E-state index contributed by atoms with van der Waals surface area (Å²) in [7, 11) is 0. The predicted molar refractivity (Wildman–Crippen MR) is 109 cm³/mol. The Balaban J connectivity index is -0.000000311. The standard InChI is InChI=1S/C10H13ClO.C6H7.C3H6.2ClH.Ti/c1-10(2,3)7-4-8(11)6-9(12)5-7;1-6-4-2-3-5-6;1-3-2;;;/h4-6,12H,1-3H3;2,4H,3H2,1H3;1-2H3;2*1H;/q;-1;;;;+1. The zero-order valence-electron chi connectivity index (χ0n) is 15.2. The molecule has 0 unspecified atom stereocenters. The maximum absolute atomic E-state index is 9.27. The molecule has 0 heterocycles. The van der Waals surface area contributed by atoms with Crippen LogP contribution in [0.1, 0.15) is 53.5 Å². The van der Waals surface area contributed by atoms with Crippen molar-refractivity contribution in [2.45, 2.75) is 53.4 Å². The Hall–Kier alpha value is -0.0457. The van der Waals surface area contributed by atoms with Crippen LogP contribution in [0.25, 0.3) is 0 Å². The SMILES string of the molecule is CC(C)(C)c1cc(O)cc(Cl)c1.CC1=[C-]CC=C1.C[C](C)=[Ti+].Cl.Cl. The van der Waals surface area contributed by atoms with Gasteiger partial charge in [-0.3, -0.25) is 6.08 Å². The van der Waals surface area contributed by atoms with Gasteiger partial charge in [0.25, 0.3) is 0 Å². The van der Waals surface area contributed by atoms with Crippen LogP contribution >= 0.6 is 36.4 Å². The molecular formula is C19H28Cl3OTi. The average Bonchev–Trinajstić information content (AvgIpc) is 2.78. The van der Waals surface area contributed by atoms with Crippen LogP contribution in [0.4, 0.5) is 0 Å². The average molecular weight is 427 g/mol. The van der Waals surface area contributed by atoms with Gasteiger partial charge in [0.15, 0.2) is 0 Å². The number of rotatable bonds is 0. The monoisotopic (exact) mass is 425 g/mol. The minimum atomic E-state index is 0. The van der Waals surface area contributed by atoms with Crippen molar-refractivity contribution in [2.75, 3.05) is 0 Å². The van der Waals surface area contributed by atoms with E-state index in [4.69, 9.17) is 11.6 Å². The predicted octanol–water partition coefficient (Wildman–Crippen LogP) is 6.63. The Morgan fingerprint density at radius 2 is 1.67 bits per heavy atom. The molecule has 0 bridgehead atoms. The fourth-order valence-electron chi connectivity index (χ4n) is 1.52. The number of phenols is 1. The number of phenolic OH excluding ortho intramolecular Hbond substituents is 1. The molecule has 0 saturated heterocycles. The second-order valence-corrected chi connectivity index (χ2v) is 8.41. The molecule has 1 nitrogen and oxygen atoms in total. The van der Waals surface area contributed by atoms with E-state index in [2.05, 4.69) is 79.7 Å². The van der Waals surface area contributed by atoms with Gasteiger partial charge >= 0.3 is 37.6 Å². The van der Waals surface area contributed by atoms with Gasteiger partial charge in [0, 0.05) is 5.02 Å². The molecule has 24 heavy (non-hydrogen) atoms. The van der Waals surface area contributed by atoms with Gasteiger partial charge in [0.1, 0.15) is 5.75 Å². The first-order valence-corrected chi connectivity index (χ1v) is 8.44. The molecule has 0 fully saturated rings. The van der Waals surface area contributed by atoms with E-state index in [1.807, 2.05) is 6.07 Å². The smallest absolute Gasteiger partial charge is 0.147 e. The van der Waals surface area contributed by atoms with E-state index < -0.39 is 0 Å². The van der Waals surface area contributed by atoms with Crippen molar-refractivity contribution in [3.63, 3.8) is 0 Å². The first-order chi connectivity index (χ1) is 10.0. The third-order valence-electron chi connectivity index (χ3n) is 2.62. The number of halogens is 3. The van der Waals surface area contributed by atoms with Crippen LogP contribution in [0.3, 0.4) is 0 Å². The van der Waals surface area contributed by atoms with Crippen molar-refractivity contribution >= 4 is 40.2 Å². The van der Waals surface area contributed by atoms with Gasteiger partial charge in [-0.15, -0.1) is 31.2 Å². The first-order valence-electron chi connectivity index (χ1n) is 7.28. The van der Waals surface area contributed by atoms with Gasteiger partial charge in [-0.05, 0) is 29.2 Å². The van der Waals surface area contributed by atoms with Crippen LogP contribution in [0.2, 0.25) is 5.02 Å². The summed E-state index contributed by atoms with van der Waals surface area (Å²) in [6.45, 7) is 12.5. The third-order valence-corrected chi connectivity index (χ3v) is 2.83. The summed E-state index contributed by atoms with van der Waals surface area (Å²) in [5.41, 5.74) is 2.35. The van der Waals surface area contributed by atoms with Crippen molar-refractivity contribution in [2.24, 2.45) is 0 Å². The molecule has 135 valence electrons. The van der Waals surface area contributed by atoms with E-state index in [1.165, 1.54) is 15.5 Å². The van der Waals surface area contributed by atoms with Gasteiger partial charge in [-0.25, -0.2) is 11.6 Å². The quantitative estimate of drug-likeness (QED) is 0.365. The number of hydrogen-bond acceptors (Lipinski definition) is 1. The van der Waals surface area contributed by atoms with Crippen molar-refractivity contribution in [1.29, 1.82) is 0 Å². The van der Waals surface area contributed by atoms with Crippen LogP contribution in [0.15, 0.2) is 35.9 Å². The minimum Gasteiger partial charge on any atom is -0.147 e. The largest absolute Gasteiger partial charge is 0.147 e. The van der Waals surface area contributed by atoms with Crippen molar-refractivity contribution in [1.82, 2.24) is 0 Å². The van der Waals surface area contributed by atoms with Crippen LogP contribution in [-0.4, -0.2) is 8.92 Å². The molecule has 0 amide bonds. The minimum absolute atomic E-state index is 0. The molecular weight excluding hydrogens is 398 g/mol. The first kappa shape index (κ1) is 28.7. The summed E-state index contributed by atoms with van der Waals surface area (Å²) >= 11 is 7.88. The zero-order chi connectivity index (χ0) is 17.3. The summed E-state index contributed by atoms with van der Waals surface area (Å²) in [5.74, 6) is 0.229. The summed E-state index contributed by atoms with van der Waals surface area (Å²) in [5, 5.41) is 9.86. The Morgan fingerprint density at radius 3 is 1.92 bits per heavy atom. The van der Waals surface area contributed by atoms with Gasteiger partial charge in [-0.1, -0.05) is 39.3 Å². The Labute approximate surface area is 176 Å². The van der Waals surface area contributed by atoms with Crippen LogP contribution < -0.4 is 0 Å². The fraction of sp³-hybridized carbons (Fsp3) is 0.421. The molecule has 1 aliphatic rings. The number of aromatic hydroxyl groups is 1. The molecule has 2 rings (SSSR count). The zero-order valence-corrected chi connectivity index (χ0v) is 19.2. The van der Waals surface area contributed by atoms with Gasteiger partial charge < -0.3 is 5.11 Å². The van der Waals surface area contributed by atoms with Crippen LogP contribution in [0.5, 0.6) is 5.75 Å². The maximum Gasteiger partial charge on any atom is -0.147 e. The normalized spacial score (nSPS) is 11.6. The second-order valence-electron chi connectivity index (χ2n) is 6.41. The summed E-state index contributed by atoms with van der Waals surface area (Å²) in [6.07, 6.45) is 8.33. The molecule has 1 aliphatic carbocycles. The molecule has 1 N–H and O–H groups in total. The van der Waals surface area contributed by atoms with Crippen molar-refractivity contribution in [3.05, 3.63) is 52.6 Å². The van der Waals surface area contributed by atoms with Gasteiger partial charge in [-0.2, -0.15) is 6.08 Å². The summed E-state index contributed by atoms with van der Waals surface area (Å²) < 4.78 is 1.42. The molecule has 1 aromatic carbocycles. The van der Waals surface area contributed by atoms with Gasteiger partial charge in [0.2, 0.25) is 0 Å². The van der Waals surface area contributed by atoms with E-state index in [9.17, 15) is 5.11 Å². The molecule has 5 heteroatoms. The number of allylic oxidation sites excluding steroid dienone is 4. The third kappa shape index (κ3) is 15.5. The van der Waals surface area contributed by atoms with E-state index in [1.54, 1.807) is 6.07 Å². The van der Waals surface area contributed by atoms with E-state index >= 15 is 0 Å². The van der Waals surface area contributed by atoms with Crippen molar-refractivity contribution in [3.8, 4) is 5.75 Å². The Kier molecular flexibility index (Phi) is 17.0. The van der Waals surface area contributed by atoms with Crippen LogP contribution in [-0.2, 0) is 25.4 Å². The summed E-state index contributed by atoms with van der Waals surface area (Å²) in [6, 6.07) is 5.16. The molecule has 0 aromatic heterocycles. The maximum atomic E-state index is 9.27. The van der Waals surface area contributed by atoms with Gasteiger partial charge in [0.05, 0.1) is 0 Å². The topological polar surface area (TPSA) is 20.2 Å². The van der Waals surface area contributed by atoms with E-state index in [-0.39, 0.29) is 36.0 Å². The molecule has 0 saturated carbocycles. The Morgan fingerprint density at radius 1 is 1.17 bits per heavy atom. The Bertz CT molecular complexity index is 531. The molecule has 0 atom stereocenters. The number of hydrogen-bond donors (Lipinski definition) is 1. The number of benzene rings is 1. The molecule has 1 aromatic rings. The van der Waals surface area contributed by atoms with Crippen molar-refractivity contribution < 1.29 is 25.1 Å².